The van der Waals surface area contributed by atoms with Crippen LogP contribution in [-0.4, -0.2) is 31.2 Å². The lowest BCUT2D eigenvalue weighted by atomic mass is 9.86. The summed E-state index contributed by atoms with van der Waals surface area (Å²) in [6, 6.07) is 12.2. The molecule has 4 atom stereocenters. The molecule has 1 aliphatic carbocycles. The Hall–Kier alpha value is -3.02. The van der Waals surface area contributed by atoms with E-state index in [1.54, 1.807) is 12.4 Å². The summed E-state index contributed by atoms with van der Waals surface area (Å²) in [4.78, 5) is 16.8. The maximum atomic E-state index is 12.7. The molecule has 3 heterocycles. The number of carbonyl (C=O) groups excluding carboxylic acids is 1. The molecule has 166 valence electrons. The van der Waals surface area contributed by atoms with Gasteiger partial charge >= 0.3 is 0 Å². The van der Waals surface area contributed by atoms with Gasteiger partial charge in [0.25, 0.3) is 0 Å². The molecule has 1 aliphatic rings. The first-order chi connectivity index (χ1) is 15.5. The van der Waals surface area contributed by atoms with Gasteiger partial charge in [0.2, 0.25) is 0 Å². The lowest BCUT2D eigenvalue weighted by Crippen LogP contribution is -2.23. The summed E-state index contributed by atoms with van der Waals surface area (Å²) in [5, 5.41) is 17.6. The maximum Gasteiger partial charge on any atom is 0.140 e. The third-order valence-electron chi connectivity index (χ3n) is 6.82. The third kappa shape index (κ3) is 5.42. The first-order valence-corrected chi connectivity index (χ1v) is 11.5. The van der Waals surface area contributed by atoms with E-state index in [-0.39, 0.29) is 17.6 Å². The Bertz CT molecular complexity index is 1020. The van der Waals surface area contributed by atoms with Crippen LogP contribution in [0.25, 0.3) is 0 Å². The van der Waals surface area contributed by atoms with Gasteiger partial charge in [0.15, 0.2) is 0 Å². The van der Waals surface area contributed by atoms with E-state index in [0.717, 1.165) is 54.0 Å². The van der Waals surface area contributed by atoms with Crippen molar-refractivity contribution in [3.63, 3.8) is 0 Å². The zero-order valence-corrected chi connectivity index (χ0v) is 19.1. The van der Waals surface area contributed by atoms with Crippen molar-refractivity contribution in [1.29, 1.82) is 0 Å². The lowest BCUT2D eigenvalue weighted by molar-refractivity contribution is -0.123. The van der Waals surface area contributed by atoms with Gasteiger partial charge in [-0.1, -0.05) is 19.9 Å². The van der Waals surface area contributed by atoms with Crippen LogP contribution in [0, 0.1) is 18.8 Å². The minimum atomic E-state index is -0.0390. The van der Waals surface area contributed by atoms with Crippen molar-refractivity contribution in [1.82, 2.24) is 25.4 Å². The SMILES string of the molecule is Cc1ccc(C2CCC(c3ccc(C[C@@H](C)C(C)C(=O)Cc4cccnc4)nn3)C2)nn1. The smallest absolute Gasteiger partial charge is 0.140 e. The predicted molar refractivity (Wildman–Crippen MR) is 123 cm³/mol. The minimum absolute atomic E-state index is 0.0390. The second-order valence-corrected chi connectivity index (χ2v) is 9.23. The molecule has 6 nitrogen and oxygen atoms in total. The molecule has 1 fully saturated rings. The van der Waals surface area contributed by atoms with Crippen LogP contribution >= 0.6 is 0 Å². The Kier molecular flexibility index (Phi) is 6.98. The van der Waals surface area contributed by atoms with Crippen LogP contribution in [-0.2, 0) is 17.6 Å². The summed E-state index contributed by atoms with van der Waals surface area (Å²) in [5.41, 5.74) is 5.01. The molecule has 3 aromatic rings. The van der Waals surface area contributed by atoms with E-state index in [9.17, 15) is 4.79 Å². The molecule has 0 saturated heterocycles. The standard InChI is InChI=1S/C26H31N5O/c1-17(19(3)26(32)14-20-5-4-12-27-16-20)13-23-9-11-25(31-29-23)22-8-7-21(15-22)24-10-6-18(2)28-30-24/h4-6,9-12,16-17,19,21-22H,7-8,13-15H2,1-3H3/t17-,19?,21?,22?/m1/s1. The summed E-state index contributed by atoms with van der Waals surface area (Å²) < 4.78 is 0. The molecule has 0 spiro atoms. The molecule has 0 N–H and O–H groups in total. The number of carbonyl (C=O) groups is 1. The number of rotatable bonds is 8. The molecular weight excluding hydrogens is 398 g/mol. The van der Waals surface area contributed by atoms with Crippen molar-refractivity contribution in [2.24, 2.45) is 11.8 Å². The highest BCUT2D eigenvalue weighted by Crippen LogP contribution is 2.42. The fourth-order valence-corrected chi connectivity index (χ4v) is 4.53. The highest BCUT2D eigenvalue weighted by Gasteiger charge is 2.29. The van der Waals surface area contributed by atoms with Gasteiger partial charge in [-0.15, -0.1) is 0 Å². The van der Waals surface area contributed by atoms with Gasteiger partial charge in [0, 0.05) is 36.6 Å². The molecule has 0 aromatic carbocycles. The van der Waals surface area contributed by atoms with Crippen LogP contribution in [0.5, 0.6) is 0 Å². The first kappa shape index (κ1) is 22.2. The zero-order chi connectivity index (χ0) is 22.5. The Labute approximate surface area is 189 Å². The number of hydrogen-bond donors (Lipinski definition) is 0. The Morgan fingerprint density at radius 2 is 1.69 bits per heavy atom. The summed E-state index contributed by atoms with van der Waals surface area (Å²) in [7, 11) is 0. The van der Waals surface area contributed by atoms with Crippen LogP contribution in [0.1, 0.15) is 73.3 Å². The summed E-state index contributed by atoms with van der Waals surface area (Å²) in [5.74, 6) is 1.27. The average molecular weight is 430 g/mol. The van der Waals surface area contributed by atoms with E-state index in [1.807, 2.05) is 32.0 Å². The number of aromatic nitrogens is 5. The number of Topliss-reactive ketones (excluding diaryl/α,β-unsaturated/α-hetero) is 1. The molecule has 4 rings (SSSR count). The van der Waals surface area contributed by atoms with E-state index in [2.05, 4.69) is 50.5 Å². The van der Waals surface area contributed by atoms with Gasteiger partial charge in [0.1, 0.15) is 5.78 Å². The molecule has 0 aliphatic heterocycles. The van der Waals surface area contributed by atoms with E-state index < -0.39 is 0 Å². The molecule has 6 heteroatoms. The van der Waals surface area contributed by atoms with E-state index in [1.165, 1.54) is 0 Å². The van der Waals surface area contributed by atoms with Gasteiger partial charge in [-0.3, -0.25) is 9.78 Å². The second-order valence-electron chi connectivity index (χ2n) is 9.23. The highest BCUT2D eigenvalue weighted by molar-refractivity contribution is 5.83. The van der Waals surface area contributed by atoms with Gasteiger partial charge in [-0.2, -0.15) is 20.4 Å². The largest absolute Gasteiger partial charge is 0.299 e. The second kappa shape index (κ2) is 10.1. The Morgan fingerprint density at radius 1 is 0.969 bits per heavy atom. The molecule has 3 aromatic heterocycles. The quantitative estimate of drug-likeness (QED) is 0.518. The van der Waals surface area contributed by atoms with E-state index in [4.69, 9.17) is 0 Å². The molecule has 0 bridgehead atoms. The average Bonchev–Trinajstić information content (AvgIpc) is 3.30. The Balaban J connectivity index is 1.31. The monoisotopic (exact) mass is 429 g/mol. The van der Waals surface area contributed by atoms with E-state index in [0.29, 0.717) is 18.3 Å². The Morgan fingerprint density at radius 3 is 2.28 bits per heavy atom. The van der Waals surface area contributed by atoms with Crippen molar-refractivity contribution in [3.05, 3.63) is 77.1 Å². The van der Waals surface area contributed by atoms with Crippen LogP contribution in [0.2, 0.25) is 0 Å². The van der Waals surface area contributed by atoms with Crippen molar-refractivity contribution in [2.45, 2.75) is 64.7 Å². The van der Waals surface area contributed by atoms with Crippen molar-refractivity contribution in [3.8, 4) is 0 Å². The van der Waals surface area contributed by atoms with Crippen molar-refractivity contribution >= 4 is 5.78 Å². The fraction of sp³-hybridized carbons (Fsp3) is 0.462. The lowest BCUT2D eigenvalue weighted by Gasteiger charge is -2.18. The molecule has 0 radical (unpaired) electrons. The number of hydrogen-bond acceptors (Lipinski definition) is 6. The number of aryl methyl sites for hydroxylation is 1. The topological polar surface area (TPSA) is 81.5 Å². The van der Waals surface area contributed by atoms with Crippen molar-refractivity contribution < 1.29 is 4.79 Å². The summed E-state index contributed by atoms with van der Waals surface area (Å²) >= 11 is 0. The maximum absolute atomic E-state index is 12.7. The molecule has 32 heavy (non-hydrogen) atoms. The van der Waals surface area contributed by atoms with Gasteiger partial charge < -0.3 is 0 Å². The van der Waals surface area contributed by atoms with Crippen molar-refractivity contribution in [2.75, 3.05) is 0 Å². The van der Waals surface area contributed by atoms with Gasteiger partial charge in [-0.25, -0.2) is 0 Å². The van der Waals surface area contributed by atoms with Gasteiger partial charge in [-0.05, 0) is 74.4 Å². The van der Waals surface area contributed by atoms with Crippen LogP contribution < -0.4 is 0 Å². The molecule has 1 saturated carbocycles. The molecule has 0 amide bonds. The number of pyridine rings is 1. The normalized spacial score (nSPS) is 20.1. The van der Waals surface area contributed by atoms with Crippen LogP contribution in [0.4, 0.5) is 0 Å². The van der Waals surface area contributed by atoms with Gasteiger partial charge in [0.05, 0.1) is 22.8 Å². The zero-order valence-electron chi connectivity index (χ0n) is 19.1. The van der Waals surface area contributed by atoms with E-state index >= 15 is 0 Å². The summed E-state index contributed by atoms with van der Waals surface area (Å²) in [6.45, 7) is 6.09. The number of nitrogens with zero attached hydrogens (tertiary/aromatic N) is 5. The minimum Gasteiger partial charge on any atom is -0.299 e. The summed E-state index contributed by atoms with van der Waals surface area (Å²) in [6.07, 6.45) is 7.92. The molecule has 3 unspecified atom stereocenters. The molecular formula is C26H31N5O. The van der Waals surface area contributed by atoms with Crippen LogP contribution in [0.3, 0.4) is 0 Å². The highest BCUT2D eigenvalue weighted by atomic mass is 16.1. The fourth-order valence-electron chi connectivity index (χ4n) is 4.53. The van der Waals surface area contributed by atoms with Crippen LogP contribution in [0.15, 0.2) is 48.8 Å². The third-order valence-corrected chi connectivity index (χ3v) is 6.82. The predicted octanol–water partition coefficient (Wildman–Crippen LogP) is 4.65. The first-order valence-electron chi connectivity index (χ1n) is 11.5. The number of ketones is 1.